The summed E-state index contributed by atoms with van der Waals surface area (Å²) in [6.07, 6.45) is 6.27. The molecule has 0 aliphatic carbocycles. The Hall–Kier alpha value is -1.91. The number of unbranched alkanes of at least 4 members (excludes halogenated alkanes) is 2. The summed E-state index contributed by atoms with van der Waals surface area (Å²) in [6.45, 7) is 6.57. The van der Waals surface area contributed by atoms with Crippen molar-refractivity contribution < 1.29 is 0 Å². The highest BCUT2D eigenvalue weighted by Gasteiger charge is 2.06. The highest BCUT2D eigenvalue weighted by Crippen LogP contribution is 2.09. The summed E-state index contributed by atoms with van der Waals surface area (Å²) in [7, 11) is 0. The fourth-order valence-corrected chi connectivity index (χ4v) is 1.79. The van der Waals surface area contributed by atoms with Crippen LogP contribution in [0.1, 0.15) is 32.0 Å². The second kappa shape index (κ2) is 6.14. The van der Waals surface area contributed by atoms with E-state index < -0.39 is 0 Å². The minimum atomic E-state index is 0.700. The van der Waals surface area contributed by atoms with Gasteiger partial charge in [-0.2, -0.15) is 4.52 Å². The van der Waals surface area contributed by atoms with Gasteiger partial charge < -0.3 is 5.32 Å². The van der Waals surface area contributed by atoms with Gasteiger partial charge in [-0.3, -0.25) is 0 Å². The Kier molecular flexibility index (Phi) is 4.28. The molecule has 96 valence electrons. The molecule has 0 amide bonds. The Morgan fingerprint density at radius 2 is 2.22 bits per heavy atom. The van der Waals surface area contributed by atoms with Crippen LogP contribution in [0.3, 0.4) is 0 Å². The van der Waals surface area contributed by atoms with Gasteiger partial charge in [0.2, 0.25) is 0 Å². The number of anilines is 1. The first-order chi connectivity index (χ1) is 8.85. The van der Waals surface area contributed by atoms with Crippen molar-refractivity contribution in [3.8, 4) is 0 Å². The van der Waals surface area contributed by atoms with Crippen LogP contribution in [0.5, 0.6) is 0 Å². The SMILES string of the molecule is C=CCNc1ccc2nnc(CCCCC)n2n1. The van der Waals surface area contributed by atoms with Gasteiger partial charge >= 0.3 is 0 Å². The molecular formula is C13H19N5. The normalized spacial score (nSPS) is 10.7. The number of aromatic nitrogens is 4. The van der Waals surface area contributed by atoms with Crippen molar-refractivity contribution in [2.45, 2.75) is 32.6 Å². The molecule has 2 heterocycles. The number of rotatable bonds is 7. The summed E-state index contributed by atoms with van der Waals surface area (Å²) >= 11 is 0. The van der Waals surface area contributed by atoms with Crippen molar-refractivity contribution in [1.29, 1.82) is 0 Å². The molecule has 0 saturated heterocycles. The zero-order chi connectivity index (χ0) is 12.8. The number of nitrogens with one attached hydrogen (secondary N) is 1. The smallest absolute Gasteiger partial charge is 0.178 e. The molecule has 0 atom stereocenters. The second-order valence-corrected chi connectivity index (χ2v) is 4.23. The molecule has 0 saturated carbocycles. The first-order valence-corrected chi connectivity index (χ1v) is 6.41. The molecule has 2 rings (SSSR count). The van der Waals surface area contributed by atoms with E-state index in [1.807, 2.05) is 16.6 Å². The second-order valence-electron chi connectivity index (χ2n) is 4.23. The first kappa shape index (κ1) is 12.5. The van der Waals surface area contributed by atoms with Gasteiger partial charge in [0.25, 0.3) is 0 Å². The predicted molar refractivity (Wildman–Crippen MR) is 72.7 cm³/mol. The molecule has 5 heteroatoms. The zero-order valence-corrected chi connectivity index (χ0v) is 10.8. The Morgan fingerprint density at radius 1 is 1.33 bits per heavy atom. The summed E-state index contributed by atoms with van der Waals surface area (Å²) in [5.74, 6) is 1.75. The van der Waals surface area contributed by atoms with E-state index in [-0.39, 0.29) is 0 Å². The molecule has 0 aliphatic heterocycles. The van der Waals surface area contributed by atoms with Crippen LogP contribution in [0.15, 0.2) is 24.8 Å². The number of aryl methyl sites for hydroxylation is 1. The van der Waals surface area contributed by atoms with Crippen LogP contribution < -0.4 is 5.32 Å². The average Bonchev–Trinajstić information content (AvgIpc) is 2.79. The molecular weight excluding hydrogens is 226 g/mol. The molecule has 0 unspecified atom stereocenters. The Labute approximate surface area is 107 Å². The van der Waals surface area contributed by atoms with E-state index in [0.717, 1.165) is 30.1 Å². The maximum absolute atomic E-state index is 4.48. The lowest BCUT2D eigenvalue weighted by Crippen LogP contribution is -2.05. The van der Waals surface area contributed by atoms with Gasteiger partial charge in [-0.25, -0.2) is 0 Å². The molecule has 2 aromatic heterocycles. The molecule has 0 bridgehead atoms. The summed E-state index contributed by atoms with van der Waals surface area (Å²) in [6, 6.07) is 3.83. The van der Waals surface area contributed by atoms with Crippen molar-refractivity contribution in [3.05, 3.63) is 30.6 Å². The van der Waals surface area contributed by atoms with E-state index in [4.69, 9.17) is 0 Å². The summed E-state index contributed by atoms with van der Waals surface area (Å²) in [4.78, 5) is 0. The van der Waals surface area contributed by atoms with Gasteiger partial charge in [-0.15, -0.1) is 21.9 Å². The lowest BCUT2D eigenvalue weighted by Gasteiger charge is -2.03. The number of nitrogens with zero attached hydrogens (tertiary/aromatic N) is 4. The highest BCUT2D eigenvalue weighted by molar-refractivity contribution is 5.44. The Morgan fingerprint density at radius 3 is 3.00 bits per heavy atom. The molecule has 18 heavy (non-hydrogen) atoms. The van der Waals surface area contributed by atoms with Crippen LogP contribution in [0.2, 0.25) is 0 Å². The summed E-state index contributed by atoms with van der Waals surface area (Å²) < 4.78 is 1.82. The lowest BCUT2D eigenvalue weighted by atomic mass is 10.2. The van der Waals surface area contributed by atoms with Gasteiger partial charge in [0, 0.05) is 13.0 Å². The van der Waals surface area contributed by atoms with Crippen molar-refractivity contribution in [2.75, 3.05) is 11.9 Å². The maximum atomic E-state index is 4.48. The van der Waals surface area contributed by atoms with E-state index in [1.54, 1.807) is 6.08 Å². The van der Waals surface area contributed by atoms with Crippen molar-refractivity contribution in [3.63, 3.8) is 0 Å². The third-order valence-corrected chi connectivity index (χ3v) is 2.76. The number of fused-ring (bicyclic) bond motifs is 1. The maximum Gasteiger partial charge on any atom is 0.178 e. The quantitative estimate of drug-likeness (QED) is 0.601. The van der Waals surface area contributed by atoms with Crippen LogP contribution >= 0.6 is 0 Å². The van der Waals surface area contributed by atoms with E-state index in [9.17, 15) is 0 Å². The van der Waals surface area contributed by atoms with Crippen LogP contribution in [0, 0.1) is 0 Å². The van der Waals surface area contributed by atoms with E-state index in [0.29, 0.717) is 6.54 Å². The molecule has 0 radical (unpaired) electrons. The number of hydrogen-bond acceptors (Lipinski definition) is 4. The van der Waals surface area contributed by atoms with Gasteiger partial charge in [0.1, 0.15) is 5.82 Å². The minimum Gasteiger partial charge on any atom is -0.365 e. The standard InChI is InChI=1S/C13H19N5/c1-3-5-6-7-12-15-16-13-9-8-11(14-10-4-2)17-18(12)13/h4,8-9H,2-3,5-7,10H2,1H3,(H,14,17). The molecule has 2 aromatic rings. The molecule has 0 spiro atoms. The Bertz CT molecular complexity index is 517. The van der Waals surface area contributed by atoms with Crippen molar-refractivity contribution in [1.82, 2.24) is 19.8 Å². The first-order valence-electron chi connectivity index (χ1n) is 6.41. The zero-order valence-electron chi connectivity index (χ0n) is 10.8. The summed E-state index contributed by atoms with van der Waals surface area (Å²) in [5, 5.41) is 16.0. The highest BCUT2D eigenvalue weighted by atomic mass is 15.4. The third kappa shape index (κ3) is 2.85. The van der Waals surface area contributed by atoms with Crippen LogP contribution in [0.25, 0.3) is 5.65 Å². The van der Waals surface area contributed by atoms with E-state index in [2.05, 4.69) is 34.1 Å². The molecule has 5 nitrogen and oxygen atoms in total. The van der Waals surface area contributed by atoms with Gasteiger partial charge in [0.05, 0.1) is 0 Å². The number of hydrogen-bond donors (Lipinski definition) is 1. The largest absolute Gasteiger partial charge is 0.365 e. The van der Waals surface area contributed by atoms with Crippen LogP contribution in [0.4, 0.5) is 5.82 Å². The van der Waals surface area contributed by atoms with E-state index >= 15 is 0 Å². The van der Waals surface area contributed by atoms with Crippen molar-refractivity contribution >= 4 is 11.5 Å². The molecule has 0 fully saturated rings. The fraction of sp³-hybridized carbons (Fsp3) is 0.462. The minimum absolute atomic E-state index is 0.700. The van der Waals surface area contributed by atoms with Crippen molar-refractivity contribution in [2.24, 2.45) is 0 Å². The topological polar surface area (TPSA) is 55.1 Å². The lowest BCUT2D eigenvalue weighted by molar-refractivity contribution is 0.676. The van der Waals surface area contributed by atoms with Crippen LogP contribution in [-0.2, 0) is 6.42 Å². The van der Waals surface area contributed by atoms with Gasteiger partial charge in [-0.05, 0) is 18.6 Å². The van der Waals surface area contributed by atoms with Gasteiger partial charge in [-0.1, -0.05) is 25.8 Å². The van der Waals surface area contributed by atoms with Crippen LogP contribution in [-0.4, -0.2) is 26.4 Å². The molecule has 0 aromatic carbocycles. The molecule has 0 aliphatic rings. The Balaban J connectivity index is 2.17. The third-order valence-electron chi connectivity index (χ3n) is 2.76. The van der Waals surface area contributed by atoms with E-state index in [1.165, 1.54) is 12.8 Å². The average molecular weight is 245 g/mol. The van der Waals surface area contributed by atoms with Gasteiger partial charge in [0.15, 0.2) is 11.5 Å². The summed E-state index contributed by atoms with van der Waals surface area (Å²) in [5.41, 5.74) is 0.797. The monoisotopic (exact) mass is 245 g/mol. The predicted octanol–water partition coefficient (Wildman–Crippen LogP) is 2.45. The fourth-order valence-electron chi connectivity index (χ4n) is 1.79. The molecule has 1 N–H and O–H groups in total.